The minimum atomic E-state index is -3.70. The number of aliphatic carboxylic acids is 1. The first kappa shape index (κ1) is 22.3. The van der Waals surface area contributed by atoms with Crippen LogP contribution in [0.2, 0.25) is 0 Å². The van der Waals surface area contributed by atoms with Gasteiger partial charge in [-0.05, 0) is 56.4 Å². The lowest BCUT2D eigenvalue weighted by Gasteiger charge is -2.24. The summed E-state index contributed by atoms with van der Waals surface area (Å²) in [5.41, 5.74) is 7.81. The predicted molar refractivity (Wildman–Crippen MR) is 114 cm³/mol. The molecule has 3 N–H and O–H groups in total. The normalized spacial score (nSPS) is 21.1. The Morgan fingerprint density at radius 2 is 1.87 bits per heavy atom. The summed E-state index contributed by atoms with van der Waals surface area (Å²) >= 11 is 0. The van der Waals surface area contributed by atoms with Crippen molar-refractivity contribution >= 4 is 16.0 Å². The quantitative estimate of drug-likeness (QED) is 0.768. The van der Waals surface area contributed by atoms with E-state index in [9.17, 15) is 13.2 Å². The zero-order valence-electron chi connectivity index (χ0n) is 17.0. The number of hydrogen-bond donors (Lipinski definition) is 2. The third kappa shape index (κ3) is 5.00. The molecule has 0 unspecified atom stereocenters. The van der Waals surface area contributed by atoms with Crippen molar-refractivity contribution in [3.05, 3.63) is 59.7 Å². The van der Waals surface area contributed by atoms with Crippen LogP contribution in [-0.2, 0) is 21.2 Å². The highest BCUT2D eigenvalue weighted by molar-refractivity contribution is 7.89. The van der Waals surface area contributed by atoms with Gasteiger partial charge in [-0.2, -0.15) is 4.31 Å². The highest BCUT2D eigenvalue weighted by Gasteiger charge is 2.39. The van der Waals surface area contributed by atoms with Gasteiger partial charge in [-0.15, -0.1) is 0 Å². The summed E-state index contributed by atoms with van der Waals surface area (Å²) in [6.07, 6.45) is 3.33. The molecule has 2 aliphatic heterocycles. The van der Waals surface area contributed by atoms with E-state index < -0.39 is 22.0 Å². The first-order chi connectivity index (χ1) is 14.3. The predicted octanol–water partition coefficient (Wildman–Crippen LogP) is 2.57. The number of sulfonamides is 1. The van der Waals surface area contributed by atoms with E-state index in [0.717, 1.165) is 28.5 Å². The van der Waals surface area contributed by atoms with Gasteiger partial charge in [-0.3, -0.25) is 4.79 Å². The van der Waals surface area contributed by atoms with Crippen LogP contribution in [0.3, 0.4) is 0 Å². The molecule has 0 bridgehead atoms. The number of ether oxygens (including phenoxy) is 1. The highest BCUT2D eigenvalue weighted by Crippen LogP contribution is 2.27. The molecule has 2 atom stereocenters. The molecule has 2 aromatic carbocycles. The van der Waals surface area contributed by atoms with Gasteiger partial charge in [0.1, 0.15) is 17.9 Å². The van der Waals surface area contributed by atoms with Crippen LogP contribution in [-0.4, -0.2) is 49.0 Å². The molecule has 0 aliphatic carbocycles. The number of nitrogens with two attached hydrogens (primary N) is 1. The lowest BCUT2D eigenvalue weighted by molar-refractivity contribution is -0.140. The van der Waals surface area contributed by atoms with Crippen molar-refractivity contribution in [2.24, 2.45) is 5.73 Å². The fourth-order valence-electron chi connectivity index (χ4n) is 3.67. The van der Waals surface area contributed by atoms with E-state index in [2.05, 4.69) is 6.07 Å². The van der Waals surface area contributed by atoms with Crippen LogP contribution < -0.4 is 10.5 Å². The Balaban J connectivity index is 0.000000184. The second-order valence-corrected chi connectivity index (χ2v) is 9.44. The fraction of sp³-hybridized carbons (Fsp3) is 0.409. The summed E-state index contributed by atoms with van der Waals surface area (Å²) in [5, 5.41) is 9.03. The topological polar surface area (TPSA) is 110 Å². The third-order valence-corrected chi connectivity index (χ3v) is 7.30. The zero-order chi connectivity index (χ0) is 21.7. The largest absolute Gasteiger partial charge is 0.489 e. The number of hydrogen-bond acceptors (Lipinski definition) is 5. The SMILES string of the molecule is Cc1ccc(S(=O)(=O)N2CCC[C@H]2C(=O)O)cc1.NC[C@H]1CCc2ccccc2O1. The monoisotopic (exact) mass is 432 g/mol. The zero-order valence-corrected chi connectivity index (χ0v) is 17.8. The first-order valence-electron chi connectivity index (χ1n) is 10.1. The summed E-state index contributed by atoms with van der Waals surface area (Å²) in [4.78, 5) is 11.2. The van der Waals surface area contributed by atoms with Crippen LogP contribution in [0, 0.1) is 6.92 Å². The molecule has 2 aliphatic rings. The molecule has 0 saturated carbocycles. The van der Waals surface area contributed by atoms with Gasteiger partial charge in [-0.25, -0.2) is 8.42 Å². The molecule has 2 heterocycles. The Morgan fingerprint density at radius 1 is 1.17 bits per heavy atom. The van der Waals surface area contributed by atoms with Crippen LogP contribution in [0.5, 0.6) is 5.75 Å². The lowest BCUT2D eigenvalue weighted by atomic mass is 10.0. The Labute approximate surface area is 177 Å². The van der Waals surface area contributed by atoms with Crippen LogP contribution in [0.1, 0.15) is 30.4 Å². The number of carboxylic acids is 1. The van der Waals surface area contributed by atoms with E-state index in [4.69, 9.17) is 15.6 Å². The smallest absolute Gasteiger partial charge is 0.322 e. The standard InChI is InChI=1S/C12H15NO4S.C10H13NO/c1-9-4-6-10(7-5-9)18(16,17)13-8-2-3-11(13)12(14)15;11-7-9-6-5-8-3-1-2-4-10(8)12-9/h4-7,11H,2-3,8H2,1H3,(H,14,15);1-4,9H,5-7,11H2/t11-;9-/m01/s1. The van der Waals surface area contributed by atoms with Gasteiger partial charge in [0.25, 0.3) is 0 Å². The van der Waals surface area contributed by atoms with Crippen LogP contribution in [0.25, 0.3) is 0 Å². The van der Waals surface area contributed by atoms with Crippen molar-refractivity contribution in [2.45, 2.75) is 49.6 Å². The molecule has 162 valence electrons. The van der Waals surface area contributed by atoms with Gasteiger partial charge in [-0.1, -0.05) is 35.9 Å². The lowest BCUT2D eigenvalue weighted by Crippen LogP contribution is -2.40. The average Bonchev–Trinajstić information content (AvgIpc) is 3.25. The van der Waals surface area contributed by atoms with Crippen LogP contribution >= 0.6 is 0 Å². The second-order valence-electron chi connectivity index (χ2n) is 7.55. The number of benzene rings is 2. The van der Waals surface area contributed by atoms with Gasteiger partial charge in [0.05, 0.1) is 4.90 Å². The average molecular weight is 433 g/mol. The van der Waals surface area contributed by atoms with Crippen molar-refractivity contribution in [3.8, 4) is 5.75 Å². The summed E-state index contributed by atoms with van der Waals surface area (Å²) in [6, 6.07) is 13.7. The molecule has 1 fully saturated rings. The Bertz CT molecular complexity index is 975. The maximum atomic E-state index is 12.3. The van der Waals surface area contributed by atoms with E-state index >= 15 is 0 Å². The number of fused-ring (bicyclic) bond motifs is 1. The minimum Gasteiger partial charge on any atom is -0.489 e. The summed E-state index contributed by atoms with van der Waals surface area (Å²) in [6.45, 7) is 2.76. The number of carboxylic acid groups (broad SMARTS) is 1. The molecular formula is C22H28N2O5S. The molecule has 0 spiro atoms. The van der Waals surface area contributed by atoms with Gasteiger partial charge in [0.15, 0.2) is 0 Å². The van der Waals surface area contributed by atoms with E-state index in [-0.39, 0.29) is 17.5 Å². The first-order valence-corrected chi connectivity index (χ1v) is 11.5. The molecule has 8 heteroatoms. The van der Waals surface area contributed by atoms with E-state index in [1.807, 2.05) is 25.1 Å². The number of nitrogens with zero attached hydrogens (tertiary/aromatic N) is 1. The van der Waals surface area contributed by atoms with Crippen LogP contribution in [0.15, 0.2) is 53.4 Å². The summed E-state index contributed by atoms with van der Waals surface area (Å²) in [5.74, 6) is -0.0672. The van der Waals surface area contributed by atoms with Crippen molar-refractivity contribution in [1.82, 2.24) is 4.31 Å². The van der Waals surface area contributed by atoms with Crippen molar-refractivity contribution in [1.29, 1.82) is 0 Å². The van der Waals surface area contributed by atoms with Gasteiger partial charge in [0.2, 0.25) is 10.0 Å². The van der Waals surface area contributed by atoms with Crippen molar-refractivity contribution in [2.75, 3.05) is 13.1 Å². The summed E-state index contributed by atoms with van der Waals surface area (Å²) in [7, 11) is -3.70. The Hall–Kier alpha value is -2.42. The number of carbonyl (C=O) groups is 1. The molecule has 4 rings (SSSR count). The van der Waals surface area contributed by atoms with Gasteiger partial charge < -0.3 is 15.6 Å². The molecule has 0 radical (unpaired) electrons. The molecule has 0 amide bonds. The fourth-order valence-corrected chi connectivity index (χ4v) is 5.32. The van der Waals surface area contributed by atoms with E-state index in [0.29, 0.717) is 19.4 Å². The molecule has 7 nitrogen and oxygen atoms in total. The van der Waals surface area contributed by atoms with Crippen molar-refractivity contribution < 1.29 is 23.1 Å². The van der Waals surface area contributed by atoms with Gasteiger partial charge in [0, 0.05) is 13.1 Å². The second kappa shape index (κ2) is 9.59. The molecule has 1 saturated heterocycles. The number of para-hydroxylation sites is 1. The maximum absolute atomic E-state index is 12.3. The number of aryl methyl sites for hydroxylation is 2. The molecular weight excluding hydrogens is 404 g/mol. The molecule has 2 aromatic rings. The molecule has 0 aromatic heterocycles. The highest BCUT2D eigenvalue weighted by atomic mass is 32.2. The van der Waals surface area contributed by atoms with E-state index in [1.165, 1.54) is 17.7 Å². The van der Waals surface area contributed by atoms with E-state index in [1.54, 1.807) is 12.1 Å². The number of rotatable bonds is 4. The molecule has 30 heavy (non-hydrogen) atoms. The summed E-state index contributed by atoms with van der Waals surface area (Å²) < 4.78 is 31.4. The van der Waals surface area contributed by atoms with Gasteiger partial charge >= 0.3 is 5.97 Å². The Kier molecular flexibility index (Phi) is 7.12. The Morgan fingerprint density at radius 3 is 2.53 bits per heavy atom. The minimum absolute atomic E-state index is 0.154. The van der Waals surface area contributed by atoms with Crippen LogP contribution in [0.4, 0.5) is 0 Å². The maximum Gasteiger partial charge on any atom is 0.322 e. The third-order valence-electron chi connectivity index (χ3n) is 5.38. The van der Waals surface area contributed by atoms with Crippen molar-refractivity contribution in [3.63, 3.8) is 0 Å².